The molecule has 1 aromatic heterocycles. The average molecular weight is 273 g/mol. The Morgan fingerprint density at radius 1 is 1.56 bits per heavy atom. The van der Waals surface area contributed by atoms with E-state index in [9.17, 15) is 9.59 Å². The van der Waals surface area contributed by atoms with Crippen LogP contribution in [0, 0.1) is 0 Å². The van der Waals surface area contributed by atoms with Crippen LogP contribution in [0.2, 0.25) is 0 Å². The fraction of sp³-hybridized carbons (Fsp3) is 0.625. The van der Waals surface area contributed by atoms with Gasteiger partial charge in [0, 0.05) is 0 Å². The van der Waals surface area contributed by atoms with E-state index in [-0.39, 0.29) is 12.5 Å². The first-order chi connectivity index (χ1) is 8.63. The monoisotopic (exact) mass is 273 g/mol. The van der Waals surface area contributed by atoms with E-state index >= 15 is 0 Å². The molecule has 10 heteroatoms. The van der Waals surface area contributed by atoms with Crippen LogP contribution in [-0.4, -0.2) is 50.6 Å². The van der Waals surface area contributed by atoms with Gasteiger partial charge in [-0.25, -0.2) is 4.79 Å². The maximum atomic E-state index is 11.8. The molecular formula is C8H15N7O2S. The molecule has 1 heterocycles. The Morgan fingerprint density at radius 3 is 2.89 bits per heavy atom. The quantitative estimate of drug-likeness (QED) is 0.482. The maximum absolute atomic E-state index is 11.8. The van der Waals surface area contributed by atoms with Crippen molar-refractivity contribution >= 4 is 23.7 Å². The Kier molecular flexibility index (Phi) is 5.91. The summed E-state index contributed by atoms with van der Waals surface area (Å²) in [5.41, 5.74) is 5.02. The normalized spacial score (nSPS) is 11.8. The van der Waals surface area contributed by atoms with E-state index < -0.39 is 12.1 Å². The second-order valence-electron chi connectivity index (χ2n) is 3.39. The summed E-state index contributed by atoms with van der Waals surface area (Å²) in [6, 6.07) is -1.38. The Balaban J connectivity index is 2.44. The number of nitrogens with zero attached hydrogens (tertiary/aromatic N) is 3. The molecule has 1 aromatic rings. The number of amides is 3. The lowest BCUT2D eigenvalue weighted by Crippen LogP contribution is -2.48. The molecule has 0 aliphatic rings. The number of carbonyl (C=O) groups excluding carboxylic acids is 2. The number of aromatic nitrogens is 4. The number of primary amides is 1. The highest BCUT2D eigenvalue weighted by Gasteiger charge is 2.19. The van der Waals surface area contributed by atoms with Gasteiger partial charge in [-0.1, -0.05) is 5.21 Å². The fourth-order valence-electron chi connectivity index (χ4n) is 1.22. The summed E-state index contributed by atoms with van der Waals surface area (Å²) in [6.07, 6.45) is 2.42. The summed E-state index contributed by atoms with van der Waals surface area (Å²) < 4.78 is 0. The molecule has 100 valence electrons. The molecule has 0 aliphatic carbocycles. The number of nitrogens with two attached hydrogens (primary N) is 1. The van der Waals surface area contributed by atoms with Crippen molar-refractivity contribution in [2.45, 2.75) is 19.0 Å². The number of hydrogen-bond acceptors (Lipinski definition) is 6. The zero-order valence-electron chi connectivity index (χ0n) is 9.84. The molecule has 1 unspecified atom stereocenters. The first kappa shape index (κ1) is 14.2. The Labute approximate surface area is 108 Å². The molecule has 0 fully saturated rings. The summed E-state index contributed by atoms with van der Waals surface area (Å²) in [5, 5.41) is 18.0. The first-order valence-electron chi connectivity index (χ1n) is 5.18. The van der Waals surface area contributed by atoms with Crippen molar-refractivity contribution in [2.24, 2.45) is 5.73 Å². The lowest BCUT2D eigenvalue weighted by molar-refractivity contribution is -0.123. The summed E-state index contributed by atoms with van der Waals surface area (Å²) in [6.45, 7) is 0.144. The van der Waals surface area contributed by atoms with Gasteiger partial charge in [0.15, 0.2) is 5.82 Å². The Bertz CT molecular complexity index is 383. The number of thioether (sulfide) groups is 1. The number of tetrazole rings is 1. The molecule has 0 bridgehead atoms. The van der Waals surface area contributed by atoms with E-state index in [1.54, 1.807) is 11.8 Å². The van der Waals surface area contributed by atoms with Crippen LogP contribution in [0.4, 0.5) is 4.79 Å². The SMILES string of the molecule is CSCCC(NC(N)=O)C(=O)NCc1nn[nH]n1. The molecule has 5 N–H and O–H groups in total. The second-order valence-corrected chi connectivity index (χ2v) is 4.37. The lowest BCUT2D eigenvalue weighted by atomic mass is 10.2. The molecule has 0 saturated carbocycles. The van der Waals surface area contributed by atoms with Crippen LogP contribution in [0.15, 0.2) is 0 Å². The minimum Gasteiger partial charge on any atom is -0.352 e. The molecule has 0 spiro atoms. The molecular weight excluding hydrogens is 258 g/mol. The highest BCUT2D eigenvalue weighted by atomic mass is 32.2. The maximum Gasteiger partial charge on any atom is 0.312 e. The van der Waals surface area contributed by atoms with Crippen LogP contribution in [0.5, 0.6) is 0 Å². The largest absolute Gasteiger partial charge is 0.352 e. The second kappa shape index (κ2) is 7.48. The number of urea groups is 1. The van der Waals surface area contributed by atoms with Crippen LogP contribution < -0.4 is 16.4 Å². The topological polar surface area (TPSA) is 139 Å². The van der Waals surface area contributed by atoms with Crippen LogP contribution >= 0.6 is 11.8 Å². The van der Waals surface area contributed by atoms with Crippen molar-refractivity contribution in [1.29, 1.82) is 0 Å². The zero-order valence-corrected chi connectivity index (χ0v) is 10.7. The predicted octanol–water partition coefficient (Wildman–Crippen LogP) is -1.39. The standard InChI is InChI=1S/C8H15N7O2S/c1-18-3-2-5(11-8(9)17)7(16)10-4-6-12-14-15-13-6/h5H,2-4H2,1H3,(H,10,16)(H3,9,11,17)(H,12,13,14,15). The predicted molar refractivity (Wildman–Crippen MR) is 65.5 cm³/mol. The highest BCUT2D eigenvalue weighted by Crippen LogP contribution is 2.01. The molecule has 0 saturated heterocycles. The van der Waals surface area contributed by atoms with E-state index in [0.29, 0.717) is 12.2 Å². The fourth-order valence-corrected chi connectivity index (χ4v) is 1.69. The van der Waals surface area contributed by atoms with Gasteiger partial charge in [-0.2, -0.15) is 17.0 Å². The molecule has 1 atom stereocenters. The zero-order chi connectivity index (χ0) is 13.4. The number of carbonyl (C=O) groups is 2. The van der Waals surface area contributed by atoms with E-state index in [1.165, 1.54) is 0 Å². The van der Waals surface area contributed by atoms with Crippen molar-refractivity contribution in [1.82, 2.24) is 31.3 Å². The third kappa shape index (κ3) is 4.99. The first-order valence-corrected chi connectivity index (χ1v) is 6.57. The van der Waals surface area contributed by atoms with Crippen molar-refractivity contribution in [3.63, 3.8) is 0 Å². The van der Waals surface area contributed by atoms with E-state index in [1.807, 2.05) is 6.26 Å². The van der Waals surface area contributed by atoms with Gasteiger partial charge in [0.1, 0.15) is 6.04 Å². The highest BCUT2D eigenvalue weighted by molar-refractivity contribution is 7.98. The Morgan fingerprint density at radius 2 is 2.33 bits per heavy atom. The lowest BCUT2D eigenvalue weighted by Gasteiger charge is -2.16. The summed E-state index contributed by atoms with van der Waals surface area (Å²) in [4.78, 5) is 22.6. The van der Waals surface area contributed by atoms with Crippen molar-refractivity contribution in [3.05, 3.63) is 5.82 Å². The van der Waals surface area contributed by atoms with Crippen molar-refractivity contribution in [2.75, 3.05) is 12.0 Å². The van der Waals surface area contributed by atoms with E-state index in [0.717, 1.165) is 5.75 Å². The van der Waals surface area contributed by atoms with E-state index in [4.69, 9.17) is 5.73 Å². The molecule has 0 aromatic carbocycles. The van der Waals surface area contributed by atoms with Gasteiger partial charge in [-0.15, -0.1) is 10.2 Å². The number of H-pyrrole nitrogens is 1. The van der Waals surface area contributed by atoms with Crippen LogP contribution in [0.1, 0.15) is 12.2 Å². The summed E-state index contributed by atoms with van der Waals surface area (Å²) >= 11 is 1.58. The van der Waals surface area contributed by atoms with Crippen LogP contribution in [-0.2, 0) is 11.3 Å². The third-order valence-electron chi connectivity index (χ3n) is 2.05. The molecule has 3 amide bonds. The van der Waals surface area contributed by atoms with Crippen molar-refractivity contribution < 1.29 is 9.59 Å². The number of hydrogen-bond donors (Lipinski definition) is 4. The summed E-state index contributed by atoms with van der Waals surface area (Å²) in [5.74, 6) is 0.777. The van der Waals surface area contributed by atoms with Gasteiger partial charge >= 0.3 is 6.03 Å². The molecule has 0 radical (unpaired) electrons. The molecule has 9 nitrogen and oxygen atoms in total. The minimum absolute atomic E-state index is 0.144. The van der Waals surface area contributed by atoms with Gasteiger partial charge < -0.3 is 16.4 Å². The number of nitrogens with one attached hydrogen (secondary N) is 3. The van der Waals surface area contributed by atoms with Gasteiger partial charge in [-0.05, 0) is 18.4 Å². The number of rotatable bonds is 7. The molecule has 18 heavy (non-hydrogen) atoms. The van der Waals surface area contributed by atoms with Crippen molar-refractivity contribution in [3.8, 4) is 0 Å². The van der Waals surface area contributed by atoms with Crippen LogP contribution in [0.3, 0.4) is 0 Å². The minimum atomic E-state index is -0.726. The molecule has 1 rings (SSSR count). The Hall–Kier alpha value is -1.84. The third-order valence-corrected chi connectivity index (χ3v) is 2.70. The molecule has 0 aliphatic heterocycles. The van der Waals surface area contributed by atoms with Gasteiger partial charge in [-0.3, -0.25) is 4.79 Å². The van der Waals surface area contributed by atoms with Gasteiger partial charge in [0.05, 0.1) is 6.54 Å². The smallest absolute Gasteiger partial charge is 0.312 e. The van der Waals surface area contributed by atoms with E-state index in [2.05, 4.69) is 31.3 Å². The average Bonchev–Trinajstić information content (AvgIpc) is 2.84. The van der Waals surface area contributed by atoms with Gasteiger partial charge in [0.25, 0.3) is 0 Å². The number of aromatic amines is 1. The van der Waals surface area contributed by atoms with Gasteiger partial charge in [0.2, 0.25) is 5.91 Å². The summed E-state index contributed by atoms with van der Waals surface area (Å²) in [7, 11) is 0. The van der Waals surface area contributed by atoms with Crippen LogP contribution in [0.25, 0.3) is 0 Å².